The summed E-state index contributed by atoms with van der Waals surface area (Å²) in [6.45, 7) is 5.55. The number of nitro groups is 1. The predicted octanol–water partition coefficient (Wildman–Crippen LogP) is 3.50. The molecule has 0 aromatic heterocycles. The Bertz CT molecular complexity index is 498. The highest BCUT2D eigenvalue weighted by Crippen LogP contribution is 2.27. The summed E-state index contributed by atoms with van der Waals surface area (Å²) in [7, 11) is 0. The molecule has 0 aliphatic rings. The van der Waals surface area contributed by atoms with E-state index in [9.17, 15) is 19.3 Å². The lowest BCUT2D eigenvalue weighted by Crippen LogP contribution is -2.12. The van der Waals surface area contributed by atoms with E-state index in [0.29, 0.717) is 6.42 Å². The Labute approximate surface area is 116 Å². The smallest absolute Gasteiger partial charge is 0.336 e. The first-order valence-corrected chi connectivity index (χ1v) is 6.21. The molecule has 0 radical (unpaired) electrons. The number of halogens is 1. The Balaban J connectivity index is 2.68. The largest absolute Gasteiger partial charge is 0.462 e. The van der Waals surface area contributed by atoms with Gasteiger partial charge in [0.2, 0.25) is 0 Å². The SMILES string of the molecule is C=C(C(=O)OCCCC)C(F)c1ccc([N+](=O)[O-])cc1. The maximum absolute atomic E-state index is 14.1. The number of nitrogens with zero attached hydrogens (tertiary/aromatic N) is 1. The lowest BCUT2D eigenvalue weighted by atomic mass is 10.0. The molecule has 0 spiro atoms. The summed E-state index contributed by atoms with van der Waals surface area (Å²) in [5.74, 6) is -0.788. The molecule has 0 amide bonds. The molecule has 0 heterocycles. The van der Waals surface area contributed by atoms with Gasteiger partial charge in [-0.15, -0.1) is 0 Å². The third kappa shape index (κ3) is 4.15. The van der Waals surface area contributed by atoms with Gasteiger partial charge in [-0.25, -0.2) is 9.18 Å². The van der Waals surface area contributed by atoms with Gasteiger partial charge in [-0.1, -0.05) is 19.9 Å². The number of ether oxygens (including phenoxy) is 1. The molecule has 0 aliphatic heterocycles. The Morgan fingerprint density at radius 1 is 1.45 bits per heavy atom. The fraction of sp³-hybridized carbons (Fsp3) is 0.357. The zero-order valence-corrected chi connectivity index (χ0v) is 11.2. The van der Waals surface area contributed by atoms with E-state index in [1.165, 1.54) is 24.3 Å². The van der Waals surface area contributed by atoms with Gasteiger partial charge < -0.3 is 4.74 Å². The fourth-order valence-electron chi connectivity index (χ4n) is 1.47. The summed E-state index contributed by atoms with van der Waals surface area (Å²) in [6, 6.07) is 4.87. The maximum atomic E-state index is 14.1. The van der Waals surface area contributed by atoms with Crippen LogP contribution in [-0.4, -0.2) is 17.5 Å². The number of carbonyl (C=O) groups is 1. The number of unbranched alkanes of at least 4 members (excludes halogenated alkanes) is 1. The summed E-state index contributed by atoms with van der Waals surface area (Å²) in [5.41, 5.74) is -0.319. The van der Waals surface area contributed by atoms with Gasteiger partial charge in [0, 0.05) is 12.1 Å². The molecule has 1 atom stereocenters. The minimum Gasteiger partial charge on any atom is -0.462 e. The van der Waals surface area contributed by atoms with Crippen molar-refractivity contribution in [2.24, 2.45) is 0 Å². The van der Waals surface area contributed by atoms with Crippen molar-refractivity contribution in [3.05, 3.63) is 52.1 Å². The summed E-state index contributed by atoms with van der Waals surface area (Å²) in [6.07, 6.45) is -0.167. The number of esters is 1. The maximum Gasteiger partial charge on any atom is 0.336 e. The number of non-ortho nitro benzene ring substituents is 1. The molecule has 1 rings (SSSR count). The quantitative estimate of drug-likeness (QED) is 0.252. The van der Waals surface area contributed by atoms with E-state index >= 15 is 0 Å². The first-order chi connectivity index (χ1) is 9.47. The van der Waals surface area contributed by atoms with E-state index < -0.39 is 17.1 Å². The van der Waals surface area contributed by atoms with Crippen LogP contribution < -0.4 is 0 Å². The fourth-order valence-corrected chi connectivity index (χ4v) is 1.47. The second-order valence-corrected chi connectivity index (χ2v) is 4.23. The summed E-state index contributed by atoms with van der Waals surface area (Å²) in [4.78, 5) is 21.5. The standard InChI is InChI=1S/C14H16FNO4/c1-3-4-9-20-14(17)10(2)13(15)11-5-7-12(8-6-11)16(18)19/h5-8,13H,2-4,9H2,1H3. The number of benzene rings is 1. The molecule has 0 fully saturated rings. The van der Waals surface area contributed by atoms with E-state index in [-0.39, 0.29) is 23.4 Å². The van der Waals surface area contributed by atoms with Crippen LogP contribution in [0.3, 0.4) is 0 Å². The average Bonchev–Trinajstić information content (AvgIpc) is 2.46. The Morgan fingerprint density at radius 3 is 2.55 bits per heavy atom. The highest BCUT2D eigenvalue weighted by atomic mass is 19.1. The highest BCUT2D eigenvalue weighted by molar-refractivity contribution is 5.89. The number of rotatable bonds is 7. The molecule has 108 valence electrons. The van der Waals surface area contributed by atoms with E-state index in [0.717, 1.165) is 6.42 Å². The van der Waals surface area contributed by atoms with Crippen LogP contribution in [0, 0.1) is 10.1 Å². The summed E-state index contributed by atoms with van der Waals surface area (Å²) >= 11 is 0. The Morgan fingerprint density at radius 2 is 2.05 bits per heavy atom. The molecule has 1 unspecified atom stereocenters. The molecule has 0 N–H and O–H groups in total. The van der Waals surface area contributed by atoms with Gasteiger partial charge in [0.05, 0.1) is 17.1 Å². The number of hydrogen-bond donors (Lipinski definition) is 0. The topological polar surface area (TPSA) is 69.4 Å². The van der Waals surface area contributed by atoms with E-state index in [1.54, 1.807) is 0 Å². The number of alkyl halides is 1. The number of carbonyl (C=O) groups excluding carboxylic acids is 1. The van der Waals surface area contributed by atoms with Crippen molar-refractivity contribution in [3.63, 3.8) is 0 Å². The second kappa shape index (κ2) is 7.37. The van der Waals surface area contributed by atoms with Crippen LogP contribution in [0.25, 0.3) is 0 Å². The predicted molar refractivity (Wildman–Crippen MR) is 72.0 cm³/mol. The van der Waals surface area contributed by atoms with Crippen LogP contribution in [0.2, 0.25) is 0 Å². The van der Waals surface area contributed by atoms with E-state index in [2.05, 4.69) is 6.58 Å². The van der Waals surface area contributed by atoms with Gasteiger partial charge in [-0.05, 0) is 24.1 Å². The monoisotopic (exact) mass is 281 g/mol. The Hall–Kier alpha value is -2.24. The van der Waals surface area contributed by atoms with Crippen molar-refractivity contribution >= 4 is 11.7 Å². The van der Waals surface area contributed by atoms with Crippen LogP contribution >= 0.6 is 0 Å². The lowest BCUT2D eigenvalue weighted by molar-refractivity contribution is -0.384. The van der Waals surface area contributed by atoms with Crippen molar-refractivity contribution in [2.45, 2.75) is 25.9 Å². The van der Waals surface area contributed by atoms with Gasteiger partial charge in [-0.2, -0.15) is 0 Å². The van der Waals surface area contributed by atoms with Crippen molar-refractivity contribution in [1.82, 2.24) is 0 Å². The van der Waals surface area contributed by atoms with Crippen LogP contribution in [-0.2, 0) is 9.53 Å². The van der Waals surface area contributed by atoms with E-state index in [4.69, 9.17) is 4.74 Å². The average molecular weight is 281 g/mol. The molecule has 0 aliphatic carbocycles. The minimum atomic E-state index is -1.73. The summed E-state index contributed by atoms with van der Waals surface area (Å²) < 4.78 is 18.9. The molecule has 1 aromatic carbocycles. The number of hydrogen-bond acceptors (Lipinski definition) is 4. The van der Waals surface area contributed by atoms with Gasteiger partial charge in [0.15, 0.2) is 6.17 Å². The van der Waals surface area contributed by atoms with Gasteiger partial charge in [-0.3, -0.25) is 10.1 Å². The molecule has 0 bridgehead atoms. The zero-order valence-electron chi connectivity index (χ0n) is 11.2. The molecular formula is C14H16FNO4. The van der Waals surface area contributed by atoms with Crippen molar-refractivity contribution < 1.29 is 18.8 Å². The third-order valence-electron chi connectivity index (χ3n) is 2.70. The lowest BCUT2D eigenvalue weighted by Gasteiger charge is -2.11. The highest BCUT2D eigenvalue weighted by Gasteiger charge is 2.22. The molecule has 1 aromatic rings. The summed E-state index contributed by atoms with van der Waals surface area (Å²) in [5, 5.41) is 10.5. The van der Waals surface area contributed by atoms with Crippen LogP contribution in [0.1, 0.15) is 31.5 Å². The zero-order chi connectivity index (χ0) is 15.1. The van der Waals surface area contributed by atoms with Gasteiger partial charge in [0.1, 0.15) is 0 Å². The molecule has 0 saturated carbocycles. The van der Waals surface area contributed by atoms with Crippen molar-refractivity contribution in [3.8, 4) is 0 Å². The van der Waals surface area contributed by atoms with Crippen LogP contribution in [0.15, 0.2) is 36.4 Å². The minimum absolute atomic E-state index is 0.132. The number of nitro benzene ring substituents is 1. The van der Waals surface area contributed by atoms with Crippen LogP contribution in [0.4, 0.5) is 10.1 Å². The van der Waals surface area contributed by atoms with E-state index in [1.807, 2.05) is 6.92 Å². The molecule has 0 saturated heterocycles. The molecule has 6 heteroatoms. The third-order valence-corrected chi connectivity index (χ3v) is 2.70. The molecule has 5 nitrogen and oxygen atoms in total. The second-order valence-electron chi connectivity index (χ2n) is 4.23. The van der Waals surface area contributed by atoms with Crippen molar-refractivity contribution in [2.75, 3.05) is 6.61 Å². The van der Waals surface area contributed by atoms with Gasteiger partial charge >= 0.3 is 5.97 Å². The molecule has 20 heavy (non-hydrogen) atoms. The van der Waals surface area contributed by atoms with Gasteiger partial charge in [0.25, 0.3) is 5.69 Å². The Kier molecular flexibility index (Phi) is 5.83. The first-order valence-electron chi connectivity index (χ1n) is 6.21. The van der Waals surface area contributed by atoms with Crippen LogP contribution in [0.5, 0.6) is 0 Å². The normalized spacial score (nSPS) is 11.7. The van der Waals surface area contributed by atoms with Crippen molar-refractivity contribution in [1.29, 1.82) is 0 Å². The molecular weight excluding hydrogens is 265 g/mol. The first kappa shape index (κ1) is 15.8.